The molecular formula is C10H13N3O2. The topological polar surface area (TPSA) is 76.7 Å². The van der Waals surface area contributed by atoms with E-state index in [4.69, 9.17) is 5.73 Å². The molecule has 0 atom stereocenters. The molecule has 15 heavy (non-hydrogen) atoms. The molecule has 0 saturated carbocycles. The van der Waals surface area contributed by atoms with Crippen LogP contribution >= 0.6 is 0 Å². The maximum atomic E-state index is 10.4. The molecule has 0 aliphatic rings. The maximum Gasteiger partial charge on any atom is 0.329 e. The molecule has 0 radical (unpaired) electrons. The normalized spacial score (nSPS) is 10.9. The fourth-order valence-electron chi connectivity index (χ4n) is 0.916. The number of hydroxylamine groups is 1. The lowest BCUT2D eigenvalue weighted by molar-refractivity contribution is -0.145. The summed E-state index contributed by atoms with van der Waals surface area (Å²) >= 11 is 0. The minimum absolute atomic E-state index is 0.0778. The van der Waals surface area contributed by atoms with Crippen LogP contribution in [0, 0.1) is 0 Å². The number of benzene rings is 1. The Labute approximate surface area is 87.9 Å². The summed E-state index contributed by atoms with van der Waals surface area (Å²) in [7, 11) is 0. The summed E-state index contributed by atoms with van der Waals surface area (Å²) < 4.78 is 0. The van der Waals surface area contributed by atoms with Gasteiger partial charge in [0.25, 0.3) is 0 Å². The minimum Gasteiger partial charge on any atom is -0.368 e. The lowest BCUT2D eigenvalue weighted by Crippen LogP contribution is -2.33. The van der Waals surface area contributed by atoms with Gasteiger partial charge in [-0.25, -0.2) is 4.99 Å². The Balaban J connectivity index is 2.40. The number of guanidine groups is 1. The van der Waals surface area contributed by atoms with Crippen LogP contribution in [0.25, 0.3) is 0 Å². The Hall–Kier alpha value is -2.04. The number of nitrogens with two attached hydrogens (primary N) is 1. The Bertz CT molecular complexity index is 349. The first-order chi connectivity index (χ1) is 7.18. The van der Waals surface area contributed by atoms with E-state index in [2.05, 4.69) is 15.3 Å². The van der Waals surface area contributed by atoms with Crippen LogP contribution in [0.3, 0.4) is 0 Å². The van der Waals surface area contributed by atoms with Gasteiger partial charge in [0.2, 0.25) is 5.96 Å². The average Bonchev–Trinajstić information content (AvgIpc) is 2.25. The van der Waals surface area contributed by atoms with E-state index in [9.17, 15) is 4.79 Å². The zero-order valence-electron chi connectivity index (χ0n) is 8.43. The van der Waals surface area contributed by atoms with Gasteiger partial charge < -0.3 is 10.6 Å². The maximum absolute atomic E-state index is 10.4. The molecule has 0 unspecified atom stereocenters. The number of carbonyl (C=O) groups excluding carboxylic acids is 1. The SMILES string of the molecule is CC(=O)ONC(N)=NCc1ccccc1. The number of hydrogen-bond donors (Lipinski definition) is 2. The second kappa shape index (κ2) is 5.64. The minimum atomic E-state index is -0.465. The van der Waals surface area contributed by atoms with Gasteiger partial charge in [0.15, 0.2) is 0 Å². The predicted octanol–water partition coefficient (Wildman–Crippen LogP) is 0.569. The molecule has 5 heteroatoms. The highest BCUT2D eigenvalue weighted by Crippen LogP contribution is 1.99. The number of nitrogens with zero attached hydrogens (tertiary/aromatic N) is 1. The van der Waals surface area contributed by atoms with Gasteiger partial charge in [-0.15, -0.1) is 0 Å². The molecule has 1 aromatic rings. The van der Waals surface area contributed by atoms with Crippen LogP contribution < -0.4 is 11.2 Å². The highest BCUT2D eigenvalue weighted by atomic mass is 16.7. The van der Waals surface area contributed by atoms with E-state index in [0.717, 1.165) is 5.56 Å². The summed E-state index contributed by atoms with van der Waals surface area (Å²) in [6.07, 6.45) is 0. The molecule has 80 valence electrons. The van der Waals surface area contributed by atoms with Crippen LogP contribution in [-0.4, -0.2) is 11.9 Å². The van der Waals surface area contributed by atoms with Gasteiger partial charge in [0.05, 0.1) is 6.54 Å². The van der Waals surface area contributed by atoms with Gasteiger partial charge >= 0.3 is 5.97 Å². The lowest BCUT2D eigenvalue weighted by atomic mass is 10.2. The molecule has 0 aromatic heterocycles. The highest BCUT2D eigenvalue weighted by Gasteiger charge is 1.94. The van der Waals surface area contributed by atoms with Crippen molar-refractivity contribution < 1.29 is 9.63 Å². The van der Waals surface area contributed by atoms with E-state index in [1.54, 1.807) is 0 Å². The number of carbonyl (C=O) groups is 1. The van der Waals surface area contributed by atoms with Crippen molar-refractivity contribution in [3.63, 3.8) is 0 Å². The van der Waals surface area contributed by atoms with Crippen molar-refractivity contribution in [2.75, 3.05) is 0 Å². The Morgan fingerprint density at radius 2 is 2.13 bits per heavy atom. The Morgan fingerprint density at radius 3 is 2.73 bits per heavy atom. The van der Waals surface area contributed by atoms with Crippen molar-refractivity contribution >= 4 is 11.9 Å². The fourth-order valence-corrected chi connectivity index (χ4v) is 0.916. The van der Waals surface area contributed by atoms with Gasteiger partial charge in [-0.1, -0.05) is 30.3 Å². The smallest absolute Gasteiger partial charge is 0.329 e. The zero-order valence-corrected chi connectivity index (χ0v) is 8.43. The van der Waals surface area contributed by atoms with Crippen molar-refractivity contribution in [2.45, 2.75) is 13.5 Å². The molecule has 0 aliphatic carbocycles. The van der Waals surface area contributed by atoms with E-state index >= 15 is 0 Å². The summed E-state index contributed by atoms with van der Waals surface area (Å²) in [4.78, 5) is 18.8. The van der Waals surface area contributed by atoms with Crippen molar-refractivity contribution in [3.05, 3.63) is 35.9 Å². The lowest BCUT2D eigenvalue weighted by Gasteiger charge is -2.03. The fraction of sp³-hybridized carbons (Fsp3) is 0.200. The molecule has 1 aromatic carbocycles. The summed E-state index contributed by atoms with van der Waals surface area (Å²) in [6, 6.07) is 9.62. The molecule has 3 N–H and O–H groups in total. The molecule has 0 saturated heterocycles. The first-order valence-electron chi connectivity index (χ1n) is 4.46. The van der Waals surface area contributed by atoms with Crippen molar-refractivity contribution in [1.82, 2.24) is 5.48 Å². The molecule has 5 nitrogen and oxygen atoms in total. The quantitative estimate of drug-likeness (QED) is 0.422. The molecular weight excluding hydrogens is 194 g/mol. The van der Waals surface area contributed by atoms with Crippen molar-refractivity contribution in [2.24, 2.45) is 10.7 Å². The standard InChI is InChI=1S/C10H13N3O2/c1-8(14)15-13-10(11)12-7-9-5-3-2-4-6-9/h2-6H,7H2,1H3,(H3,11,12,13). The van der Waals surface area contributed by atoms with Crippen molar-refractivity contribution in [3.8, 4) is 0 Å². The Kier molecular flexibility index (Phi) is 4.15. The van der Waals surface area contributed by atoms with E-state index < -0.39 is 5.97 Å². The summed E-state index contributed by atoms with van der Waals surface area (Å²) in [5, 5.41) is 0. The second-order valence-corrected chi connectivity index (χ2v) is 2.88. The third-order valence-corrected chi connectivity index (χ3v) is 1.57. The van der Waals surface area contributed by atoms with E-state index in [0.29, 0.717) is 6.54 Å². The van der Waals surface area contributed by atoms with Gasteiger partial charge in [0.1, 0.15) is 0 Å². The van der Waals surface area contributed by atoms with E-state index in [1.807, 2.05) is 30.3 Å². The van der Waals surface area contributed by atoms with Crippen molar-refractivity contribution in [1.29, 1.82) is 0 Å². The third-order valence-electron chi connectivity index (χ3n) is 1.57. The van der Waals surface area contributed by atoms with Crippen LogP contribution in [0.5, 0.6) is 0 Å². The molecule has 0 fully saturated rings. The van der Waals surface area contributed by atoms with Gasteiger partial charge in [-0.3, -0.25) is 4.79 Å². The number of hydrogen-bond acceptors (Lipinski definition) is 3. The zero-order chi connectivity index (χ0) is 11.1. The van der Waals surface area contributed by atoms with Crippen LogP contribution in [-0.2, 0) is 16.2 Å². The summed E-state index contributed by atoms with van der Waals surface area (Å²) in [5.41, 5.74) is 8.69. The average molecular weight is 207 g/mol. The monoisotopic (exact) mass is 207 g/mol. The second-order valence-electron chi connectivity index (χ2n) is 2.88. The molecule has 0 spiro atoms. The summed E-state index contributed by atoms with van der Waals surface area (Å²) in [6.45, 7) is 1.72. The number of aliphatic imine (C=N–C) groups is 1. The third kappa shape index (κ3) is 4.66. The van der Waals surface area contributed by atoms with Crippen LogP contribution in [0.2, 0.25) is 0 Å². The van der Waals surface area contributed by atoms with Gasteiger partial charge in [0, 0.05) is 6.92 Å². The van der Waals surface area contributed by atoms with Crippen LogP contribution in [0.4, 0.5) is 0 Å². The molecule has 0 bridgehead atoms. The first-order valence-corrected chi connectivity index (χ1v) is 4.46. The molecule has 1 rings (SSSR count). The predicted molar refractivity (Wildman–Crippen MR) is 56.7 cm³/mol. The molecule has 0 heterocycles. The van der Waals surface area contributed by atoms with Crippen LogP contribution in [0.15, 0.2) is 35.3 Å². The van der Waals surface area contributed by atoms with E-state index in [1.165, 1.54) is 6.92 Å². The Morgan fingerprint density at radius 1 is 1.47 bits per heavy atom. The highest BCUT2D eigenvalue weighted by molar-refractivity contribution is 5.78. The largest absolute Gasteiger partial charge is 0.368 e. The van der Waals surface area contributed by atoms with Gasteiger partial charge in [-0.2, -0.15) is 5.48 Å². The van der Waals surface area contributed by atoms with Crippen LogP contribution in [0.1, 0.15) is 12.5 Å². The molecule has 0 aliphatic heterocycles. The number of rotatable bonds is 2. The summed E-state index contributed by atoms with van der Waals surface area (Å²) in [5.74, 6) is -0.387. The molecule has 0 amide bonds. The van der Waals surface area contributed by atoms with E-state index in [-0.39, 0.29) is 5.96 Å². The first kappa shape index (κ1) is 11.0. The van der Waals surface area contributed by atoms with Gasteiger partial charge in [-0.05, 0) is 5.56 Å². The number of nitrogens with one attached hydrogen (secondary N) is 1.